The second-order valence-corrected chi connectivity index (χ2v) is 7.08. The maximum atomic E-state index is 13.8. The Bertz CT molecular complexity index is 851. The van der Waals surface area contributed by atoms with Crippen LogP contribution in [0.2, 0.25) is 6.32 Å². The van der Waals surface area contributed by atoms with Crippen LogP contribution in [0.25, 0.3) is 0 Å². The third kappa shape index (κ3) is 5.59. The van der Waals surface area contributed by atoms with Crippen LogP contribution in [-0.2, 0) is 27.9 Å². The summed E-state index contributed by atoms with van der Waals surface area (Å²) in [7, 11) is 6.45. The number of alkyl halides is 6. The molecular formula is C22H23BF6O3. The van der Waals surface area contributed by atoms with Crippen molar-refractivity contribution in [3.63, 3.8) is 0 Å². The van der Waals surface area contributed by atoms with Gasteiger partial charge in [0.05, 0.1) is 7.85 Å². The van der Waals surface area contributed by atoms with Gasteiger partial charge in [-0.2, -0.15) is 26.3 Å². The van der Waals surface area contributed by atoms with Crippen molar-refractivity contribution in [2.24, 2.45) is 0 Å². The van der Waals surface area contributed by atoms with Crippen LogP contribution >= 0.6 is 0 Å². The number of ether oxygens (including phenoxy) is 3. The maximum absolute atomic E-state index is 13.8. The van der Waals surface area contributed by atoms with Gasteiger partial charge in [-0.1, -0.05) is 37.9 Å². The molecule has 0 spiro atoms. The number of halogens is 6. The van der Waals surface area contributed by atoms with Crippen molar-refractivity contribution in [2.75, 3.05) is 13.9 Å². The zero-order chi connectivity index (χ0) is 24.0. The van der Waals surface area contributed by atoms with Crippen molar-refractivity contribution in [3.05, 3.63) is 59.2 Å². The van der Waals surface area contributed by atoms with Crippen molar-refractivity contribution in [3.8, 4) is 11.5 Å². The van der Waals surface area contributed by atoms with Crippen LogP contribution in [0, 0.1) is 0 Å². The summed E-state index contributed by atoms with van der Waals surface area (Å²) < 4.78 is 97.2. The van der Waals surface area contributed by atoms with Crippen molar-refractivity contribution < 1.29 is 40.6 Å². The summed E-state index contributed by atoms with van der Waals surface area (Å²) >= 11 is 0. The fourth-order valence-corrected chi connectivity index (χ4v) is 3.26. The van der Waals surface area contributed by atoms with E-state index >= 15 is 0 Å². The van der Waals surface area contributed by atoms with Crippen molar-refractivity contribution in [1.29, 1.82) is 0 Å². The summed E-state index contributed by atoms with van der Waals surface area (Å²) in [5.41, 5.74) is -4.47. The van der Waals surface area contributed by atoms with Gasteiger partial charge in [-0.05, 0) is 48.2 Å². The van der Waals surface area contributed by atoms with Crippen LogP contribution in [0.1, 0.15) is 30.0 Å². The smallest absolute Gasteiger partial charge is 0.430 e. The number of benzene rings is 2. The lowest BCUT2D eigenvalue weighted by Gasteiger charge is -2.37. The molecule has 0 saturated carbocycles. The number of hydrogen-bond acceptors (Lipinski definition) is 3. The Kier molecular flexibility index (Phi) is 8.64. The molecule has 0 aliphatic heterocycles. The Balaban J connectivity index is 2.53. The van der Waals surface area contributed by atoms with E-state index in [1.54, 1.807) is 31.2 Å². The molecule has 0 N–H and O–H groups in total. The predicted octanol–water partition coefficient (Wildman–Crippen LogP) is 6.50. The first-order chi connectivity index (χ1) is 15.0. The highest BCUT2D eigenvalue weighted by Crippen LogP contribution is 2.53. The molecule has 3 nitrogen and oxygen atoms in total. The van der Waals surface area contributed by atoms with Crippen molar-refractivity contribution in [2.45, 2.75) is 50.5 Å². The number of aryl methyl sites for hydroxylation is 2. The minimum absolute atomic E-state index is 0.159. The third-order valence-electron chi connectivity index (χ3n) is 4.76. The van der Waals surface area contributed by atoms with Gasteiger partial charge in [-0.25, -0.2) is 0 Å². The zero-order valence-corrected chi connectivity index (χ0v) is 17.6. The molecule has 0 aliphatic carbocycles. The van der Waals surface area contributed by atoms with E-state index in [0.717, 1.165) is 24.8 Å². The standard InChI is InChI=1S/C22H23BF6O3/c1-3-4-16-13-17(20(21(24,25)26,22(27,28)29)31-14-30-2)7-10-19(16)32-18-8-5-15(6-9-18)11-12-23/h5-10,13H,3-4,11-12,14H2,1-2H3. The maximum Gasteiger partial charge on any atom is 0.430 e. The first-order valence-electron chi connectivity index (χ1n) is 9.86. The molecule has 0 heterocycles. The van der Waals surface area contributed by atoms with Gasteiger partial charge in [0.25, 0.3) is 5.60 Å². The molecule has 2 aromatic carbocycles. The summed E-state index contributed by atoms with van der Waals surface area (Å²) in [4.78, 5) is 0. The molecule has 0 aliphatic rings. The molecule has 0 atom stereocenters. The van der Waals surface area contributed by atoms with Crippen LogP contribution in [0.15, 0.2) is 42.5 Å². The molecular weight excluding hydrogens is 437 g/mol. The van der Waals surface area contributed by atoms with Gasteiger partial charge in [0, 0.05) is 12.7 Å². The van der Waals surface area contributed by atoms with Crippen LogP contribution in [-0.4, -0.2) is 34.1 Å². The minimum atomic E-state index is -5.78. The van der Waals surface area contributed by atoms with Crippen LogP contribution < -0.4 is 4.74 Å². The van der Waals surface area contributed by atoms with E-state index in [2.05, 4.69) is 9.47 Å². The second kappa shape index (κ2) is 10.6. The molecule has 0 amide bonds. The Labute approximate surface area is 184 Å². The topological polar surface area (TPSA) is 27.7 Å². The molecule has 0 saturated heterocycles. The van der Waals surface area contributed by atoms with E-state index < -0.39 is 30.3 Å². The lowest BCUT2D eigenvalue weighted by atomic mass is 9.89. The lowest BCUT2D eigenvalue weighted by molar-refractivity contribution is -0.400. The Morgan fingerprint density at radius 2 is 1.50 bits per heavy atom. The molecule has 0 aromatic heterocycles. The fraction of sp³-hybridized carbons (Fsp3) is 0.455. The fourth-order valence-electron chi connectivity index (χ4n) is 3.26. The highest BCUT2D eigenvalue weighted by molar-refractivity contribution is 6.08. The van der Waals surface area contributed by atoms with Gasteiger partial charge in [-0.15, -0.1) is 0 Å². The predicted molar refractivity (Wildman–Crippen MR) is 108 cm³/mol. The van der Waals surface area contributed by atoms with E-state index in [4.69, 9.17) is 12.6 Å². The van der Waals surface area contributed by atoms with Crippen molar-refractivity contribution in [1.82, 2.24) is 0 Å². The van der Waals surface area contributed by atoms with Gasteiger partial charge in [0.2, 0.25) is 0 Å². The minimum Gasteiger partial charge on any atom is -0.457 e. The monoisotopic (exact) mass is 460 g/mol. The average Bonchev–Trinajstić information content (AvgIpc) is 2.70. The molecule has 0 fully saturated rings. The summed E-state index contributed by atoms with van der Waals surface area (Å²) in [5.74, 6) is 0.552. The van der Waals surface area contributed by atoms with E-state index in [-0.39, 0.29) is 17.7 Å². The quantitative estimate of drug-likeness (QED) is 0.230. The Hall–Kier alpha value is -2.20. The number of rotatable bonds is 10. The highest BCUT2D eigenvalue weighted by Gasteiger charge is 2.73. The first-order valence-corrected chi connectivity index (χ1v) is 9.86. The van der Waals surface area contributed by atoms with E-state index in [1.165, 1.54) is 0 Å². The molecule has 0 bridgehead atoms. The SMILES string of the molecule is [B]CCc1ccc(Oc2ccc(C(OCOC)(C(F)(F)F)C(F)(F)F)cc2CCC)cc1. The number of hydrogen-bond donors (Lipinski definition) is 0. The van der Waals surface area contributed by atoms with Gasteiger partial charge in [-0.3, -0.25) is 0 Å². The lowest BCUT2D eigenvalue weighted by Crippen LogP contribution is -2.56. The van der Waals surface area contributed by atoms with E-state index in [0.29, 0.717) is 31.0 Å². The first kappa shape index (κ1) is 26.1. The summed E-state index contributed by atoms with van der Waals surface area (Å²) in [6.45, 7) is 0.551. The number of methoxy groups -OCH3 is 1. The normalized spacial score (nSPS) is 12.8. The molecule has 2 rings (SSSR count). The molecule has 10 heteroatoms. The van der Waals surface area contributed by atoms with Crippen LogP contribution in [0.3, 0.4) is 0 Å². The van der Waals surface area contributed by atoms with Gasteiger partial charge in [0.1, 0.15) is 18.3 Å². The molecule has 0 unspecified atom stereocenters. The highest BCUT2D eigenvalue weighted by atomic mass is 19.4. The van der Waals surface area contributed by atoms with Crippen LogP contribution in [0.5, 0.6) is 11.5 Å². The molecule has 2 radical (unpaired) electrons. The average molecular weight is 460 g/mol. The van der Waals surface area contributed by atoms with E-state index in [9.17, 15) is 26.3 Å². The Morgan fingerprint density at radius 3 is 2.00 bits per heavy atom. The van der Waals surface area contributed by atoms with Crippen LogP contribution in [0.4, 0.5) is 26.3 Å². The summed E-state index contributed by atoms with van der Waals surface area (Å²) in [5, 5.41) is 0. The summed E-state index contributed by atoms with van der Waals surface area (Å²) in [6, 6.07) is 9.53. The third-order valence-corrected chi connectivity index (χ3v) is 4.76. The molecule has 174 valence electrons. The largest absolute Gasteiger partial charge is 0.457 e. The Morgan fingerprint density at radius 1 is 0.875 bits per heavy atom. The summed E-state index contributed by atoms with van der Waals surface area (Å²) in [6.07, 6.45) is -9.77. The zero-order valence-electron chi connectivity index (χ0n) is 17.6. The van der Waals surface area contributed by atoms with E-state index in [1.807, 2.05) is 0 Å². The van der Waals surface area contributed by atoms with Crippen molar-refractivity contribution >= 4 is 7.85 Å². The van der Waals surface area contributed by atoms with Gasteiger partial charge >= 0.3 is 12.4 Å². The molecule has 32 heavy (non-hydrogen) atoms. The van der Waals surface area contributed by atoms with Gasteiger partial charge in [0.15, 0.2) is 0 Å². The second-order valence-electron chi connectivity index (χ2n) is 7.08. The van der Waals surface area contributed by atoms with Gasteiger partial charge < -0.3 is 14.2 Å². The molecule has 2 aromatic rings.